The molecule has 0 saturated carbocycles. The van der Waals surface area contributed by atoms with Crippen LogP contribution in [-0.2, 0) is 39.1 Å². The van der Waals surface area contributed by atoms with E-state index >= 15 is 0 Å². The standard InChI is InChI=1S/C38H40N4O4/c1-2-44-37(43)36-31-22-23-33-32(35(31)40-41(36)24-14-26-46-34-21-12-13-25-45-34)27-39-42(33)38(28-15-6-3-7-16-28,29-17-8-4-9-18-29)30-19-10-5-11-20-30/h3-11,15-20,27,34H,2,12-14,21-26H2,1H3. The number of esters is 1. The zero-order valence-electron chi connectivity index (χ0n) is 26.3. The lowest BCUT2D eigenvalue weighted by Crippen LogP contribution is -2.40. The normalized spacial score (nSPS) is 16.1. The van der Waals surface area contributed by atoms with E-state index in [0.717, 1.165) is 65.1 Å². The molecular weight excluding hydrogens is 576 g/mol. The van der Waals surface area contributed by atoms with Crippen LogP contribution >= 0.6 is 0 Å². The number of carbonyl (C=O) groups excluding carboxylic acids is 1. The van der Waals surface area contributed by atoms with Crippen LogP contribution in [0.2, 0.25) is 0 Å². The Kier molecular flexibility index (Phi) is 8.81. The maximum atomic E-state index is 13.4. The van der Waals surface area contributed by atoms with E-state index in [1.54, 1.807) is 0 Å². The summed E-state index contributed by atoms with van der Waals surface area (Å²) in [4.78, 5) is 13.4. The van der Waals surface area contributed by atoms with Gasteiger partial charge in [-0.3, -0.25) is 4.68 Å². The minimum Gasteiger partial charge on any atom is -0.461 e. The van der Waals surface area contributed by atoms with Crippen LogP contribution in [0.25, 0.3) is 11.3 Å². The molecule has 46 heavy (non-hydrogen) atoms. The first-order chi connectivity index (χ1) is 22.7. The molecule has 1 atom stereocenters. The van der Waals surface area contributed by atoms with Crippen molar-refractivity contribution in [2.24, 2.45) is 0 Å². The molecule has 0 radical (unpaired) electrons. The fraction of sp³-hybridized carbons (Fsp3) is 0.342. The van der Waals surface area contributed by atoms with Gasteiger partial charge in [0.15, 0.2) is 6.29 Å². The third-order valence-corrected chi connectivity index (χ3v) is 9.10. The fourth-order valence-corrected chi connectivity index (χ4v) is 7.06. The average molecular weight is 617 g/mol. The molecule has 3 heterocycles. The van der Waals surface area contributed by atoms with Gasteiger partial charge in [-0.25, -0.2) is 9.48 Å². The van der Waals surface area contributed by atoms with Crippen LogP contribution < -0.4 is 0 Å². The lowest BCUT2D eigenvalue weighted by molar-refractivity contribution is -0.163. The van der Waals surface area contributed by atoms with Crippen molar-refractivity contribution in [2.75, 3.05) is 19.8 Å². The van der Waals surface area contributed by atoms with Gasteiger partial charge in [0.05, 0.1) is 30.8 Å². The SMILES string of the molecule is CCOC(=O)c1c2c(nn1CCCOC1CCCCO1)-c1cnn(C(c3ccccc3)(c3ccccc3)c3ccccc3)c1CC2. The monoisotopic (exact) mass is 616 g/mol. The number of hydrogen-bond acceptors (Lipinski definition) is 6. The molecule has 1 saturated heterocycles. The molecule has 0 amide bonds. The fourth-order valence-electron chi connectivity index (χ4n) is 7.06. The van der Waals surface area contributed by atoms with E-state index in [9.17, 15) is 4.79 Å². The lowest BCUT2D eigenvalue weighted by atomic mass is 9.76. The van der Waals surface area contributed by atoms with Gasteiger partial charge in [-0.2, -0.15) is 10.2 Å². The van der Waals surface area contributed by atoms with Gasteiger partial charge in [0.1, 0.15) is 11.2 Å². The summed E-state index contributed by atoms with van der Waals surface area (Å²) in [5.74, 6) is -0.337. The van der Waals surface area contributed by atoms with Gasteiger partial charge in [-0.05, 0) is 62.1 Å². The van der Waals surface area contributed by atoms with Gasteiger partial charge in [0.25, 0.3) is 0 Å². The van der Waals surface area contributed by atoms with E-state index in [1.165, 1.54) is 0 Å². The highest BCUT2D eigenvalue weighted by atomic mass is 16.7. The molecule has 5 aromatic rings. The minimum atomic E-state index is -0.722. The van der Waals surface area contributed by atoms with Gasteiger partial charge >= 0.3 is 5.97 Å². The predicted octanol–water partition coefficient (Wildman–Crippen LogP) is 6.80. The van der Waals surface area contributed by atoms with Crippen LogP contribution in [0.1, 0.15) is 71.0 Å². The second kappa shape index (κ2) is 13.4. The number of fused-ring (bicyclic) bond motifs is 3. The molecule has 1 unspecified atom stereocenters. The largest absolute Gasteiger partial charge is 0.461 e. The number of aromatic nitrogens is 4. The van der Waals surface area contributed by atoms with E-state index in [-0.39, 0.29) is 12.3 Å². The van der Waals surface area contributed by atoms with Gasteiger partial charge < -0.3 is 14.2 Å². The molecule has 7 rings (SSSR count). The van der Waals surface area contributed by atoms with Gasteiger partial charge in [-0.1, -0.05) is 91.0 Å². The average Bonchev–Trinajstić information content (AvgIpc) is 3.71. The Balaban J connectivity index is 1.32. The number of ether oxygens (including phenoxy) is 3. The van der Waals surface area contributed by atoms with Crippen molar-refractivity contribution in [1.29, 1.82) is 0 Å². The molecule has 8 nitrogen and oxygen atoms in total. The third-order valence-electron chi connectivity index (χ3n) is 9.10. The van der Waals surface area contributed by atoms with E-state index in [1.807, 2.05) is 36.0 Å². The number of carbonyl (C=O) groups is 1. The Hall–Kier alpha value is -4.53. The Bertz CT molecular complexity index is 1660. The minimum absolute atomic E-state index is 0.142. The van der Waals surface area contributed by atoms with Gasteiger partial charge in [0.2, 0.25) is 0 Å². The Morgan fingerprint density at radius 2 is 1.57 bits per heavy atom. The quantitative estimate of drug-likeness (QED) is 0.0923. The first-order valence-corrected chi connectivity index (χ1v) is 16.5. The number of nitrogens with zero attached hydrogens (tertiary/aromatic N) is 4. The number of aryl methyl sites for hydroxylation is 1. The van der Waals surface area contributed by atoms with E-state index < -0.39 is 5.54 Å². The molecule has 1 aliphatic carbocycles. The van der Waals surface area contributed by atoms with Crippen molar-refractivity contribution >= 4 is 5.97 Å². The van der Waals surface area contributed by atoms with Crippen molar-refractivity contribution in [3.63, 3.8) is 0 Å². The van der Waals surface area contributed by atoms with Crippen LogP contribution in [0.4, 0.5) is 0 Å². The number of benzene rings is 3. The van der Waals surface area contributed by atoms with Crippen LogP contribution in [-0.4, -0.2) is 51.6 Å². The highest BCUT2D eigenvalue weighted by molar-refractivity contribution is 5.92. The third kappa shape index (κ3) is 5.46. The Morgan fingerprint density at radius 1 is 0.913 bits per heavy atom. The van der Waals surface area contributed by atoms with Gasteiger partial charge in [-0.15, -0.1) is 0 Å². The summed E-state index contributed by atoms with van der Waals surface area (Å²) in [7, 11) is 0. The van der Waals surface area contributed by atoms with Crippen LogP contribution in [0.15, 0.2) is 97.2 Å². The topological polar surface area (TPSA) is 80.4 Å². The zero-order valence-corrected chi connectivity index (χ0v) is 26.3. The number of rotatable bonds is 11. The second-order valence-electron chi connectivity index (χ2n) is 11.9. The molecule has 2 aromatic heterocycles. The molecule has 2 aliphatic rings. The maximum Gasteiger partial charge on any atom is 0.356 e. The van der Waals surface area contributed by atoms with E-state index in [4.69, 9.17) is 24.4 Å². The summed E-state index contributed by atoms with van der Waals surface area (Å²) in [5, 5.41) is 10.2. The highest BCUT2D eigenvalue weighted by Crippen LogP contribution is 2.44. The highest BCUT2D eigenvalue weighted by Gasteiger charge is 2.43. The summed E-state index contributed by atoms with van der Waals surface area (Å²) < 4.78 is 21.3. The first kappa shape index (κ1) is 30.1. The lowest BCUT2D eigenvalue weighted by Gasteiger charge is -2.38. The maximum absolute atomic E-state index is 13.4. The molecule has 0 N–H and O–H groups in total. The molecule has 236 valence electrons. The second-order valence-corrected chi connectivity index (χ2v) is 11.9. The Morgan fingerprint density at radius 3 is 2.15 bits per heavy atom. The molecule has 1 aliphatic heterocycles. The van der Waals surface area contributed by atoms with Crippen molar-refractivity contribution in [3.8, 4) is 11.3 Å². The molecule has 1 fully saturated rings. The molecule has 0 spiro atoms. The summed E-state index contributed by atoms with van der Waals surface area (Å²) >= 11 is 0. The van der Waals surface area contributed by atoms with Crippen molar-refractivity contribution in [1.82, 2.24) is 19.6 Å². The molecule has 3 aromatic carbocycles. The summed E-state index contributed by atoms with van der Waals surface area (Å²) in [5.41, 5.74) is 6.91. The van der Waals surface area contributed by atoms with E-state index in [0.29, 0.717) is 44.7 Å². The van der Waals surface area contributed by atoms with Crippen molar-refractivity contribution < 1.29 is 19.0 Å². The summed E-state index contributed by atoms with van der Waals surface area (Å²) in [6, 6.07) is 31.7. The molecule has 8 heteroatoms. The Labute approximate surface area is 269 Å². The van der Waals surface area contributed by atoms with Crippen LogP contribution in [0.5, 0.6) is 0 Å². The first-order valence-electron chi connectivity index (χ1n) is 16.5. The number of hydrogen-bond donors (Lipinski definition) is 0. The zero-order chi connectivity index (χ0) is 31.3. The summed E-state index contributed by atoms with van der Waals surface area (Å²) in [6.45, 7) is 3.97. The van der Waals surface area contributed by atoms with Gasteiger partial charge in [0, 0.05) is 24.3 Å². The summed E-state index contributed by atoms with van der Waals surface area (Å²) in [6.07, 6.45) is 6.98. The predicted molar refractivity (Wildman–Crippen MR) is 176 cm³/mol. The van der Waals surface area contributed by atoms with Crippen LogP contribution in [0, 0.1) is 0 Å². The smallest absolute Gasteiger partial charge is 0.356 e. The molecular formula is C38H40N4O4. The van der Waals surface area contributed by atoms with Crippen molar-refractivity contribution in [3.05, 3.63) is 131 Å². The van der Waals surface area contributed by atoms with E-state index in [2.05, 4.69) is 77.5 Å². The molecule has 0 bridgehead atoms. The van der Waals surface area contributed by atoms with Crippen LogP contribution in [0.3, 0.4) is 0 Å². The van der Waals surface area contributed by atoms with Crippen molar-refractivity contribution in [2.45, 2.75) is 63.8 Å².